The molecular formula is C15H21FN2O2S. The number of nitrogens with two attached hydrogens (primary N) is 1. The maximum absolute atomic E-state index is 14.3. The minimum absolute atomic E-state index is 0.116. The summed E-state index contributed by atoms with van der Waals surface area (Å²) < 4.78 is 38.6. The van der Waals surface area contributed by atoms with Crippen LogP contribution < -0.4 is 5.73 Å². The summed E-state index contributed by atoms with van der Waals surface area (Å²) in [7, 11) is -1.48. The molecule has 4 nitrogen and oxygen atoms in total. The van der Waals surface area contributed by atoms with Crippen molar-refractivity contribution >= 4 is 9.84 Å². The summed E-state index contributed by atoms with van der Waals surface area (Å²) in [5, 5.41) is -0.381. The molecule has 0 aromatic heterocycles. The van der Waals surface area contributed by atoms with Crippen LogP contribution in [0.25, 0.3) is 0 Å². The summed E-state index contributed by atoms with van der Waals surface area (Å²) >= 11 is 0. The lowest BCUT2D eigenvalue weighted by molar-refractivity contribution is 0.313. The Balaban J connectivity index is 1.88. The number of rotatable bonds is 4. The third-order valence-corrected chi connectivity index (χ3v) is 6.87. The van der Waals surface area contributed by atoms with Crippen LogP contribution in [0.5, 0.6) is 0 Å². The van der Waals surface area contributed by atoms with E-state index in [1.807, 2.05) is 7.05 Å². The highest BCUT2D eigenvalue weighted by Crippen LogP contribution is 2.37. The van der Waals surface area contributed by atoms with Crippen molar-refractivity contribution in [2.45, 2.75) is 35.4 Å². The second-order valence-electron chi connectivity index (χ2n) is 6.23. The van der Waals surface area contributed by atoms with Crippen LogP contribution in [-0.2, 0) is 9.84 Å². The van der Waals surface area contributed by atoms with Crippen LogP contribution >= 0.6 is 0 Å². The van der Waals surface area contributed by atoms with E-state index in [9.17, 15) is 12.8 Å². The lowest BCUT2D eigenvalue weighted by Gasteiger charge is -2.20. The van der Waals surface area contributed by atoms with Crippen LogP contribution in [0.1, 0.15) is 30.9 Å². The maximum atomic E-state index is 14.3. The number of halogens is 1. The van der Waals surface area contributed by atoms with Crippen molar-refractivity contribution < 1.29 is 12.8 Å². The SMILES string of the molecule is CN1CC(CN)CC1c1ccc(S(=O)(=O)C2CC2)c(F)c1. The molecule has 0 amide bonds. The molecule has 2 N–H and O–H groups in total. The topological polar surface area (TPSA) is 63.4 Å². The summed E-state index contributed by atoms with van der Waals surface area (Å²) in [6.07, 6.45) is 2.18. The van der Waals surface area contributed by atoms with Crippen LogP contribution in [0.2, 0.25) is 0 Å². The quantitative estimate of drug-likeness (QED) is 0.919. The Hall–Kier alpha value is -0.980. The van der Waals surface area contributed by atoms with E-state index in [2.05, 4.69) is 4.90 Å². The Morgan fingerprint density at radius 1 is 1.38 bits per heavy atom. The molecule has 2 aliphatic rings. The summed E-state index contributed by atoms with van der Waals surface area (Å²) in [6.45, 7) is 1.52. The molecule has 1 aromatic carbocycles. The zero-order valence-electron chi connectivity index (χ0n) is 12.1. The van der Waals surface area contributed by atoms with Gasteiger partial charge in [-0.3, -0.25) is 4.90 Å². The average molecular weight is 312 g/mol. The Kier molecular flexibility index (Phi) is 3.80. The molecule has 1 aromatic rings. The van der Waals surface area contributed by atoms with E-state index >= 15 is 0 Å². The fourth-order valence-corrected chi connectivity index (χ4v) is 4.88. The van der Waals surface area contributed by atoms with Crippen molar-refractivity contribution in [3.8, 4) is 0 Å². The van der Waals surface area contributed by atoms with Crippen LogP contribution in [0.4, 0.5) is 4.39 Å². The van der Waals surface area contributed by atoms with Gasteiger partial charge in [0.1, 0.15) is 10.7 Å². The van der Waals surface area contributed by atoms with Gasteiger partial charge in [-0.2, -0.15) is 0 Å². The second kappa shape index (κ2) is 5.34. The molecule has 3 rings (SSSR count). The van der Waals surface area contributed by atoms with E-state index in [-0.39, 0.29) is 16.2 Å². The highest BCUT2D eigenvalue weighted by molar-refractivity contribution is 7.92. The van der Waals surface area contributed by atoms with Crippen LogP contribution in [-0.4, -0.2) is 38.7 Å². The molecule has 0 spiro atoms. The Bertz CT molecular complexity index is 643. The van der Waals surface area contributed by atoms with Crippen molar-refractivity contribution in [2.24, 2.45) is 11.7 Å². The summed E-state index contributed by atoms with van der Waals surface area (Å²) in [5.41, 5.74) is 6.54. The number of benzene rings is 1. The summed E-state index contributed by atoms with van der Waals surface area (Å²) in [4.78, 5) is 2.01. The molecule has 1 saturated heterocycles. The van der Waals surface area contributed by atoms with Crippen LogP contribution in [0.15, 0.2) is 23.1 Å². The van der Waals surface area contributed by atoms with Gasteiger partial charge in [0.25, 0.3) is 0 Å². The van der Waals surface area contributed by atoms with E-state index in [4.69, 9.17) is 5.73 Å². The Morgan fingerprint density at radius 2 is 2.10 bits per heavy atom. The first-order chi connectivity index (χ1) is 9.93. The number of sulfone groups is 1. The molecule has 21 heavy (non-hydrogen) atoms. The number of hydrogen-bond acceptors (Lipinski definition) is 4. The van der Waals surface area contributed by atoms with E-state index in [0.29, 0.717) is 25.3 Å². The third kappa shape index (κ3) is 2.72. The summed E-state index contributed by atoms with van der Waals surface area (Å²) in [6, 6.07) is 4.68. The van der Waals surface area contributed by atoms with Crippen molar-refractivity contribution in [1.82, 2.24) is 4.90 Å². The molecule has 1 heterocycles. The van der Waals surface area contributed by atoms with Gasteiger partial charge in [0.15, 0.2) is 9.84 Å². The lowest BCUT2D eigenvalue weighted by atomic mass is 10.00. The molecule has 6 heteroatoms. The van der Waals surface area contributed by atoms with Gasteiger partial charge in [-0.15, -0.1) is 0 Å². The predicted octanol–water partition coefficient (Wildman–Crippen LogP) is 1.71. The summed E-state index contributed by atoms with van der Waals surface area (Å²) in [5.74, 6) is -0.207. The first kappa shape index (κ1) is 14.9. The maximum Gasteiger partial charge on any atom is 0.184 e. The third-order valence-electron chi connectivity index (χ3n) is 4.58. The van der Waals surface area contributed by atoms with Crippen molar-refractivity contribution in [3.63, 3.8) is 0 Å². The van der Waals surface area contributed by atoms with E-state index < -0.39 is 15.7 Å². The van der Waals surface area contributed by atoms with Gasteiger partial charge in [0.05, 0.1) is 5.25 Å². The fourth-order valence-electron chi connectivity index (χ4n) is 3.18. The second-order valence-corrected chi connectivity index (χ2v) is 8.42. The minimum atomic E-state index is -3.47. The van der Waals surface area contributed by atoms with Gasteiger partial charge in [-0.1, -0.05) is 6.07 Å². The molecule has 0 radical (unpaired) electrons. The fraction of sp³-hybridized carbons (Fsp3) is 0.600. The monoisotopic (exact) mass is 312 g/mol. The molecule has 0 bridgehead atoms. The van der Waals surface area contributed by atoms with Gasteiger partial charge < -0.3 is 5.73 Å². The molecule has 1 saturated carbocycles. The number of likely N-dealkylation sites (tertiary alicyclic amines) is 1. The first-order valence-electron chi connectivity index (χ1n) is 7.37. The number of hydrogen-bond donors (Lipinski definition) is 1. The zero-order chi connectivity index (χ0) is 15.2. The van der Waals surface area contributed by atoms with E-state index in [0.717, 1.165) is 18.5 Å². The van der Waals surface area contributed by atoms with E-state index in [1.165, 1.54) is 12.1 Å². The zero-order valence-corrected chi connectivity index (χ0v) is 12.9. The highest BCUT2D eigenvalue weighted by atomic mass is 32.2. The van der Waals surface area contributed by atoms with Crippen molar-refractivity contribution in [2.75, 3.05) is 20.1 Å². The molecular weight excluding hydrogens is 291 g/mol. The molecule has 2 fully saturated rings. The molecule has 1 aliphatic heterocycles. The Morgan fingerprint density at radius 3 is 2.62 bits per heavy atom. The Labute approximate surface area is 125 Å². The van der Waals surface area contributed by atoms with Gasteiger partial charge >= 0.3 is 0 Å². The predicted molar refractivity (Wildman–Crippen MR) is 79.1 cm³/mol. The molecule has 116 valence electrons. The average Bonchev–Trinajstić information content (AvgIpc) is 3.22. The number of nitrogens with zero attached hydrogens (tertiary/aromatic N) is 1. The largest absolute Gasteiger partial charge is 0.330 e. The van der Waals surface area contributed by atoms with Crippen molar-refractivity contribution in [1.29, 1.82) is 0 Å². The molecule has 2 atom stereocenters. The van der Waals surface area contributed by atoms with E-state index in [1.54, 1.807) is 6.07 Å². The molecule has 2 unspecified atom stereocenters. The van der Waals surface area contributed by atoms with Crippen LogP contribution in [0.3, 0.4) is 0 Å². The molecule has 1 aliphatic carbocycles. The minimum Gasteiger partial charge on any atom is -0.330 e. The smallest absolute Gasteiger partial charge is 0.184 e. The van der Waals surface area contributed by atoms with Crippen LogP contribution in [0, 0.1) is 11.7 Å². The van der Waals surface area contributed by atoms with Gasteiger partial charge in [-0.25, -0.2) is 12.8 Å². The van der Waals surface area contributed by atoms with Gasteiger partial charge in [0, 0.05) is 12.6 Å². The standard InChI is InChI=1S/C15H21FN2O2S/c1-18-9-10(8-17)6-14(18)11-2-5-15(13(16)7-11)21(19,20)12-3-4-12/h2,5,7,10,12,14H,3-4,6,8-9,17H2,1H3. The van der Waals surface area contributed by atoms with Crippen molar-refractivity contribution in [3.05, 3.63) is 29.6 Å². The highest BCUT2D eigenvalue weighted by Gasteiger charge is 2.39. The van der Waals surface area contributed by atoms with Gasteiger partial charge in [0.2, 0.25) is 0 Å². The van der Waals surface area contributed by atoms with Gasteiger partial charge in [-0.05, 0) is 56.5 Å². The lowest BCUT2D eigenvalue weighted by Crippen LogP contribution is -2.20. The first-order valence-corrected chi connectivity index (χ1v) is 8.91. The normalized spacial score (nSPS) is 27.2.